The summed E-state index contributed by atoms with van der Waals surface area (Å²) in [4.78, 5) is 73.7. The maximum absolute atomic E-state index is 13.4. The molecule has 39 heavy (non-hydrogen) atoms. The summed E-state index contributed by atoms with van der Waals surface area (Å²) >= 11 is 3.89. The van der Waals surface area contributed by atoms with Crippen molar-refractivity contribution in [2.75, 3.05) is 12.3 Å². The first-order valence-corrected chi connectivity index (χ1v) is 13.0. The van der Waals surface area contributed by atoms with Crippen molar-refractivity contribution in [3.63, 3.8) is 0 Å². The molecule has 1 aromatic rings. The Labute approximate surface area is 232 Å². The Morgan fingerprint density at radius 2 is 1.36 bits per heavy atom. The van der Waals surface area contributed by atoms with Crippen LogP contribution in [0.3, 0.4) is 0 Å². The van der Waals surface area contributed by atoms with Crippen LogP contribution in [0.15, 0.2) is 30.3 Å². The Morgan fingerprint density at radius 1 is 0.821 bits per heavy atom. The third-order valence-corrected chi connectivity index (χ3v) is 5.90. The van der Waals surface area contributed by atoms with Gasteiger partial charge in [0.2, 0.25) is 23.6 Å². The molecule has 0 heterocycles. The Kier molecular flexibility index (Phi) is 14.6. The normalized spacial score (nSPS) is 13.9. The van der Waals surface area contributed by atoms with Gasteiger partial charge in [0.25, 0.3) is 0 Å². The van der Waals surface area contributed by atoms with Crippen LogP contribution in [0.2, 0.25) is 0 Å². The lowest BCUT2D eigenvalue weighted by Gasteiger charge is -2.26. The van der Waals surface area contributed by atoms with Crippen LogP contribution in [0.25, 0.3) is 0 Å². The van der Waals surface area contributed by atoms with Crippen molar-refractivity contribution < 1.29 is 39.0 Å². The van der Waals surface area contributed by atoms with Gasteiger partial charge in [-0.15, -0.1) is 0 Å². The van der Waals surface area contributed by atoms with Crippen LogP contribution in [0, 0.1) is 5.92 Å². The van der Waals surface area contributed by atoms with Crippen molar-refractivity contribution in [3.8, 4) is 0 Å². The number of carbonyl (C=O) groups excluding carboxylic acids is 4. The van der Waals surface area contributed by atoms with Gasteiger partial charge in [0.1, 0.15) is 24.2 Å². The molecule has 0 aliphatic carbocycles. The number of hydrogen-bond acceptors (Lipinski definition) is 8. The van der Waals surface area contributed by atoms with Gasteiger partial charge in [-0.05, 0) is 24.3 Å². The van der Waals surface area contributed by atoms with Gasteiger partial charge < -0.3 is 37.2 Å². The fourth-order valence-electron chi connectivity index (χ4n) is 3.55. The number of thiol groups is 1. The molecule has 216 valence electrons. The molecular weight excluding hydrogens is 530 g/mol. The molecule has 1 aromatic carbocycles. The van der Waals surface area contributed by atoms with Crippen molar-refractivity contribution in [3.05, 3.63) is 35.9 Å². The van der Waals surface area contributed by atoms with E-state index < -0.39 is 66.2 Å². The smallest absolute Gasteiger partial charge is 0.327 e. The number of hydrogen-bond donors (Lipinski definition) is 8. The lowest BCUT2D eigenvalue weighted by Crippen LogP contribution is -2.58. The molecule has 14 heteroatoms. The van der Waals surface area contributed by atoms with E-state index in [0.29, 0.717) is 5.56 Å². The number of nitrogens with two attached hydrogens (primary N) is 1. The molecule has 0 radical (unpaired) electrons. The molecule has 13 nitrogen and oxygen atoms in total. The maximum atomic E-state index is 13.4. The zero-order chi connectivity index (χ0) is 29.5. The molecule has 0 spiro atoms. The first-order valence-electron chi connectivity index (χ1n) is 12.4. The minimum absolute atomic E-state index is 0.0123. The fourth-order valence-corrected chi connectivity index (χ4v) is 3.80. The lowest BCUT2D eigenvalue weighted by molar-refractivity contribution is -0.142. The average Bonchev–Trinajstić information content (AvgIpc) is 2.88. The third kappa shape index (κ3) is 12.6. The minimum Gasteiger partial charge on any atom is -0.481 e. The zero-order valence-electron chi connectivity index (χ0n) is 21.9. The summed E-state index contributed by atoms with van der Waals surface area (Å²) in [6.07, 6.45) is -0.546. The molecule has 0 saturated carbocycles. The van der Waals surface area contributed by atoms with Gasteiger partial charge in [0.05, 0.1) is 6.54 Å². The quantitative estimate of drug-likeness (QED) is 0.109. The monoisotopic (exact) mass is 567 g/mol. The Balaban J connectivity index is 3.22. The van der Waals surface area contributed by atoms with E-state index in [1.807, 2.05) is 13.8 Å². The minimum atomic E-state index is -1.41. The van der Waals surface area contributed by atoms with E-state index in [0.717, 1.165) is 0 Å². The van der Waals surface area contributed by atoms with Crippen LogP contribution in [0.4, 0.5) is 0 Å². The third-order valence-electron chi connectivity index (χ3n) is 5.54. The predicted octanol–water partition coefficient (Wildman–Crippen LogP) is -0.948. The molecule has 0 fully saturated rings. The number of nitrogens with one attached hydrogen (secondary N) is 4. The van der Waals surface area contributed by atoms with E-state index in [4.69, 9.17) is 10.8 Å². The zero-order valence-corrected chi connectivity index (χ0v) is 22.8. The number of aliphatic carboxylic acids is 2. The SMILES string of the molecule is CC(C)C[C@H](NC(=O)CN)C(=O)N[C@@H](Cc1ccccc1)C(=O)N[C@@H](CCC(=O)O)C(=O)N[C@@H](CS)C(=O)O. The van der Waals surface area contributed by atoms with Gasteiger partial charge in [-0.25, -0.2) is 4.79 Å². The molecule has 0 unspecified atom stereocenters. The van der Waals surface area contributed by atoms with E-state index in [9.17, 15) is 33.9 Å². The lowest BCUT2D eigenvalue weighted by atomic mass is 10.0. The summed E-state index contributed by atoms with van der Waals surface area (Å²) in [7, 11) is 0. The van der Waals surface area contributed by atoms with Crippen molar-refractivity contribution >= 4 is 48.2 Å². The summed E-state index contributed by atoms with van der Waals surface area (Å²) in [5.74, 6) is -5.72. The molecule has 4 atom stereocenters. The first-order chi connectivity index (χ1) is 18.4. The Hall–Kier alpha value is -3.65. The van der Waals surface area contributed by atoms with Crippen LogP contribution in [-0.2, 0) is 35.2 Å². The van der Waals surface area contributed by atoms with Crippen LogP contribution in [-0.4, -0.2) is 82.2 Å². The summed E-state index contributed by atoms with van der Waals surface area (Å²) < 4.78 is 0. The number of benzene rings is 1. The first kappa shape index (κ1) is 33.4. The molecule has 0 saturated heterocycles. The summed E-state index contributed by atoms with van der Waals surface area (Å²) in [6, 6.07) is 3.73. The highest BCUT2D eigenvalue weighted by Gasteiger charge is 2.31. The van der Waals surface area contributed by atoms with Crippen molar-refractivity contribution in [2.24, 2.45) is 11.7 Å². The second kappa shape index (κ2) is 17.0. The van der Waals surface area contributed by atoms with Gasteiger partial charge in [-0.1, -0.05) is 44.2 Å². The van der Waals surface area contributed by atoms with E-state index in [1.165, 1.54) is 0 Å². The highest BCUT2D eigenvalue weighted by atomic mass is 32.1. The highest BCUT2D eigenvalue weighted by Crippen LogP contribution is 2.09. The van der Waals surface area contributed by atoms with Gasteiger partial charge in [0.15, 0.2) is 0 Å². The van der Waals surface area contributed by atoms with Gasteiger partial charge in [-0.2, -0.15) is 12.6 Å². The number of amides is 4. The Bertz CT molecular complexity index is 1010. The van der Waals surface area contributed by atoms with Crippen LogP contribution >= 0.6 is 12.6 Å². The molecule has 8 N–H and O–H groups in total. The van der Waals surface area contributed by atoms with E-state index in [2.05, 4.69) is 33.9 Å². The highest BCUT2D eigenvalue weighted by molar-refractivity contribution is 7.80. The molecular formula is C25H37N5O8S. The predicted molar refractivity (Wildman–Crippen MR) is 145 cm³/mol. The van der Waals surface area contributed by atoms with Crippen LogP contribution in [0.5, 0.6) is 0 Å². The number of carboxylic acids is 2. The number of rotatable bonds is 17. The number of carboxylic acid groups (broad SMARTS) is 2. The van der Waals surface area contributed by atoms with Crippen molar-refractivity contribution in [1.82, 2.24) is 21.3 Å². The summed E-state index contributed by atoms with van der Waals surface area (Å²) in [5.41, 5.74) is 6.05. The van der Waals surface area contributed by atoms with Gasteiger partial charge in [0, 0.05) is 18.6 Å². The fraction of sp³-hybridized carbons (Fsp3) is 0.520. The topological polar surface area (TPSA) is 217 Å². The maximum Gasteiger partial charge on any atom is 0.327 e. The van der Waals surface area contributed by atoms with Crippen molar-refractivity contribution in [2.45, 2.75) is 63.7 Å². The van der Waals surface area contributed by atoms with E-state index in [-0.39, 0.29) is 37.5 Å². The van der Waals surface area contributed by atoms with Gasteiger partial charge >= 0.3 is 11.9 Å². The second-order valence-electron chi connectivity index (χ2n) is 9.28. The molecule has 1 rings (SSSR count). The van der Waals surface area contributed by atoms with Crippen LogP contribution < -0.4 is 27.0 Å². The standard InChI is InChI=1S/C25H37N5O8S/c1-14(2)10-17(27-20(31)12-26)23(35)29-18(11-15-6-4-3-5-7-15)24(36)28-16(8-9-21(32)33)22(34)30-19(13-39)25(37)38/h3-7,14,16-19,39H,8-13,26H2,1-2H3,(H,27,31)(H,28,36)(H,29,35)(H,30,34)(H,32,33)(H,37,38)/t16-,17-,18-,19-/m0/s1. The van der Waals surface area contributed by atoms with Gasteiger partial charge in [-0.3, -0.25) is 24.0 Å². The van der Waals surface area contributed by atoms with E-state index in [1.54, 1.807) is 30.3 Å². The molecule has 0 aliphatic heterocycles. The Morgan fingerprint density at radius 3 is 1.87 bits per heavy atom. The summed E-state index contributed by atoms with van der Waals surface area (Å²) in [6.45, 7) is 3.37. The molecule has 4 amide bonds. The molecule has 0 aromatic heterocycles. The number of carbonyl (C=O) groups is 6. The second-order valence-corrected chi connectivity index (χ2v) is 9.65. The largest absolute Gasteiger partial charge is 0.481 e. The molecule has 0 aliphatic rings. The van der Waals surface area contributed by atoms with Crippen LogP contribution in [0.1, 0.15) is 38.7 Å². The summed E-state index contributed by atoms with van der Waals surface area (Å²) in [5, 5.41) is 28.1. The van der Waals surface area contributed by atoms with Crippen molar-refractivity contribution in [1.29, 1.82) is 0 Å². The van der Waals surface area contributed by atoms with E-state index >= 15 is 0 Å². The average molecular weight is 568 g/mol. The molecule has 0 bridgehead atoms.